The summed E-state index contributed by atoms with van der Waals surface area (Å²) in [7, 11) is 0. The molecular formula is C16H30S. The molecule has 0 radical (unpaired) electrons. The molecule has 1 fully saturated rings. The molecule has 0 nitrogen and oxygen atoms in total. The van der Waals surface area contributed by atoms with E-state index in [4.69, 9.17) is 12.2 Å². The molecule has 0 heterocycles. The Bertz CT molecular complexity index is 168. The van der Waals surface area contributed by atoms with Crippen molar-refractivity contribution in [2.24, 2.45) is 0 Å². The van der Waals surface area contributed by atoms with E-state index in [9.17, 15) is 0 Å². The molecule has 0 bridgehead atoms. The average molecular weight is 254 g/mol. The van der Waals surface area contributed by atoms with Gasteiger partial charge in [0.2, 0.25) is 0 Å². The molecule has 100 valence electrons. The zero-order valence-electron chi connectivity index (χ0n) is 11.5. The van der Waals surface area contributed by atoms with Gasteiger partial charge < -0.3 is 0 Å². The molecule has 0 saturated heterocycles. The standard InChI is InChI=1S/C16H30S/c17-16-14-12-10-8-6-4-2-1-3-5-7-9-11-13-15-16/h1-15H2. The number of rotatable bonds is 0. The Morgan fingerprint density at radius 3 is 0.941 bits per heavy atom. The van der Waals surface area contributed by atoms with Crippen LogP contribution in [0.15, 0.2) is 0 Å². The van der Waals surface area contributed by atoms with Crippen molar-refractivity contribution in [1.82, 2.24) is 0 Å². The quantitative estimate of drug-likeness (QED) is 0.462. The Labute approximate surface area is 114 Å². The molecule has 0 N–H and O–H groups in total. The summed E-state index contributed by atoms with van der Waals surface area (Å²) in [6.07, 6.45) is 21.0. The number of thiocarbonyl (C=S) groups is 1. The van der Waals surface area contributed by atoms with Crippen LogP contribution in [0, 0.1) is 0 Å². The largest absolute Gasteiger partial charge is 0.0897 e. The summed E-state index contributed by atoms with van der Waals surface area (Å²) in [5.41, 5.74) is 0. The van der Waals surface area contributed by atoms with E-state index in [1.165, 1.54) is 101 Å². The Morgan fingerprint density at radius 1 is 0.412 bits per heavy atom. The zero-order valence-corrected chi connectivity index (χ0v) is 12.3. The van der Waals surface area contributed by atoms with Crippen molar-refractivity contribution in [2.75, 3.05) is 0 Å². The highest BCUT2D eigenvalue weighted by molar-refractivity contribution is 7.80. The molecule has 0 spiro atoms. The summed E-state index contributed by atoms with van der Waals surface area (Å²) in [5, 5.41) is 0. The molecule has 1 saturated carbocycles. The van der Waals surface area contributed by atoms with Gasteiger partial charge in [-0.3, -0.25) is 0 Å². The predicted molar refractivity (Wildman–Crippen MR) is 81.9 cm³/mol. The van der Waals surface area contributed by atoms with Gasteiger partial charge in [0, 0.05) is 0 Å². The smallest absolute Gasteiger partial charge is 0.00715 e. The molecular weight excluding hydrogens is 224 g/mol. The summed E-state index contributed by atoms with van der Waals surface area (Å²) >= 11 is 5.44. The van der Waals surface area contributed by atoms with Crippen LogP contribution in [0.2, 0.25) is 0 Å². The summed E-state index contributed by atoms with van der Waals surface area (Å²) in [5.74, 6) is 0. The van der Waals surface area contributed by atoms with Gasteiger partial charge in [-0.05, 0) is 30.5 Å². The monoisotopic (exact) mass is 254 g/mol. The second kappa shape index (κ2) is 11.2. The fourth-order valence-electron chi connectivity index (χ4n) is 2.71. The van der Waals surface area contributed by atoms with Gasteiger partial charge in [-0.2, -0.15) is 0 Å². The van der Waals surface area contributed by atoms with Crippen LogP contribution in [0.3, 0.4) is 0 Å². The van der Waals surface area contributed by atoms with Crippen molar-refractivity contribution in [1.29, 1.82) is 0 Å². The third-order valence-corrected chi connectivity index (χ3v) is 4.32. The predicted octanol–water partition coefficient (Wildman–Crippen LogP) is 6.22. The Kier molecular flexibility index (Phi) is 9.98. The van der Waals surface area contributed by atoms with Crippen molar-refractivity contribution >= 4 is 17.1 Å². The van der Waals surface area contributed by atoms with E-state index < -0.39 is 0 Å². The fraction of sp³-hybridized carbons (Fsp3) is 0.938. The number of hydrogen-bond donors (Lipinski definition) is 0. The highest BCUT2D eigenvalue weighted by atomic mass is 32.1. The maximum Gasteiger partial charge on any atom is -0.00715 e. The summed E-state index contributed by atoms with van der Waals surface area (Å²) < 4.78 is 0. The van der Waals surface area contributed by atoms with Crippen LogP contribution >= 0.6 is 12.2 Å². The first kappa shape index (κ1) is 15.1. The van der Waals surface area contributed by atoms with Gasteiger partial charge in [-0.25, -0.2) is 0 Å². The summed E-state index contributed by atoms with van der Waals surface area (Å²) in [4.78, 5) is 1.34. The van der Waals surface area contributed by atoms with Crippen LogP contribution < -0.4 is 0 Å². The van der Waals surface area contributed by atoms with Crippen molar-refractivity contribution in [2.45, 2.75) is 96.3 Å². The Balaban J connectivity index is 2.11. The summed E-state index contributed by atoms with van der Waals surface area (Å²) in [6, 6.07) is 0. The SMILES string of the molecule is S=C1CCCCCCCCCCCCCCC1. The van der Waals surface area contributed by atoms with Crippen molar-refractivity contribution in [3.63, 3.8) is 0 Å². The third-order valence-electron chi connectivity index (χ3n) is 3.91. The third kappa shape index (κ3) is 9.76. The van der Waals surface area contributed by atoms with Gasteiger partial charge in [-0.15, -0.1) is 0 Å². The highest BCUT2D eigenvalue weighted by Gasteiger charge is 1.99. The van der Waals surface area contributed by atoms with E-state index in [1.807, 2.05) is 0 Å². The summed E-state index contributed by atoms with van der Waals surface area (Å²) in [6.45, 7) is 0. The van der Waals surface area contributed by atoms with Gasteiger partial charge in [0.25, 0.3) is 0 Å². The minimum atomic E-state index is 1.22. The van der Waals surface area contributed by atoms with E-state index in [-0.39, 0.29) is 0 Å². The maximum absolute atomic E-state index is 5.44. The lowest BCUT2D eigenvalue weighted by Crippen LogP contribution is -1.95. The molecule has 0 aromatic rings. The topological polar surface area (TPSA) is 0 Å². The molecule has 0 aromatic carbocycles. The van der Waals surface area contributed by atoms with E-state index >= 15 is 0 Å². The first-order valence-electron chi connectivity index (χ1n) is 7.91. The first-order valence-corrected chi connectivity index (χ1v) is 8.32. The minimum absolute atomic E-state index is 1.22. The van der Waals surface area contributed by atoms with Crippen LogP contribution in [-0.2, 0) is 0 Å². The van der Waals surface area contributed by atoms with Crippen molar-refractivity contribution in [3.05, 3.63) is 0 Å². The first-order chi connectivity index (χ1) is 8.39. The van der Waals surface area contributed by atoms with Crippen molar-refractivity contribution < 1.29 is 0 Å². The molecule has 17 heavy (non-hydrogen) atoms. The average Bonchev–Trinajstić information content (AvgIpc) is 2.32. The minimum Gasteiger partial charge on any atom is -0.0897 e. The molecule has 0 aromatic heterocycles. The zero-order chi connectivity index (χ0) is 12.2. The lowest BCUT2D eigenvalue weighted by Gasteiger charge is -2.06. The molecule has 1 aliphatic carbocycles. The van der Waals surface area contributed by atoms with Gasteiger partial charge in [0.15, 0.2) is 0 Å². The molecule has 0 aliphatic heterocycles. The van der Waals surface area contributed by atoms with E-state index in [1.54, 1.807) is 0 Å². The lowest BCUT2D eigenvalue weighted by molar-refractivity contribution is 0.536. The molecule has 1 heteroatoms. The van der Waals surface area contributed by atoms with Gasteiger partial charge in [0.05, 0.1) is 0 Å². The van der Waals surface area contributed by atoms with Crippen LogP contribution in [-0.4, -0.2) is 4.86 Å². The molecule has 0 amide bonds. The molecule has 0 atom stereocenters. The second-order valence-corrected chi connectivity index (χ2v) is 6.21. The Morgan fingerprint density at radius 2 is 0.647 bits per heavy atom. The molecule has 1 rings (SSSR count). The van der Waals surface area contributed by atoms with E-state index in [0.29, 0.717) is 0 Å². The molecule has 0 unspecified atom stereocenters. The van der Waals surface area contributed by atoms with Gasteiger partial charge in [0.1, 0.15) is 0 Å². The van der Waals surface area contributed by atoms with Crippen LogP contribution in [0.25, 0.3) is 0 Å². The van der Waals surface area contributed by atoms with Crippen LogP contribution in [0.5, 0.6) is 0 Å². The molecule has 1 aliphatic rings. The number of hydrogen-bond acceptors (Lipinski definition) is 1. The van der Waals surface area contributed by atoms with E-state index in [0.717, 1.165) is 0 Å². The highest BCUT2D eigenvalue weighted by Crippen LogP contribution is 2.15. The van der Waals surface area contributed by atoms with E-state index in [2.05, 4.69) is 0 Å². The van der Waals surface area contributed by atoms with Crippen LogP contribution in [0.4, 0.5) is 0 Å². The normalized spacial score (nSPS) is 23.4. The maximum atomic E-state index is 5.44. The second-order valence-electron chi connectivity index (χ2n) is 5.63. The Hall–Kier alpha value is 0.0900. The van der Waals surface area contributed by atoms with Crippen molar-refractivity contribution in [3.8, 4) is 0 Å². The van der Waals surface area contributed by atoms with Gasteiger partial charge >= 0.3 is 0 Å². The lowest BCUT2D eigenvalue weighted by atomic mass is 10.0. The van der Waals surface area contributed by atoms with Crippen LogP contribution in [0.1, 0.15) is 96.3 Å². The fourth-order valence-corrected chi connectivity index (χ4v) is 3.00. The van der Waals surface area contributed by atoms with Gasteiger partial charge in [-0.1, -0.05) is 82.8 Å².